The summed E-state index contributed by atoms with van der Waals surface area (Å²) in [5.41, 5.74) is 1.24. The molecule has 1 aromatic heterocycles. The van der Waals surface area contributed by atoms with Crippen molar-refractivity contribution < 1.29 is 4.74 Å². The van der Waals surface area contributed by atoms with Gasteiger partial charge in [0.1, 0.15) is 0 Å². The Hall–Kier alpha value is -0.870. The van der Waals surface area contributed by atoms with Gasteiger partial charge in [0, 0.05) is 30.9 Å². The third-order valence-corrected chi connectivity index (χ3v) is 3.74. The lowest BCUT2D eigenvalue weighted by Gasteiger charge is -2.35. The van der Waals surface area contributed by atoms with Crippen LogP contribution in [0.4, 0.5) is 0 Å². The Kier molecular flexibility index (Phi) is 2.92. The highest BCUT2D eigenvalue weighted by atomic mass is 16.5. The van der Waals surface area contributed by atoms with Crippen LogP contribution in [0.25, 0.3) is 0 Å². The number of hydrogen-bond donors (Lipinski definition) is 0. The molecule has 1 aliphatic heterocycles. The van der Waals surface area contributed by atoms with E-state index in [-0.39, 0.29) is 6.10 Å². The average molecular weight is 235 g/mol. The molecule has 17 heavy (non-hydrogen) atoms. The molecule has 1 saturated carbocycles. The molecule has 0 aromatic carbocycles. The summed E-state index contributed by atoms with van der Waals surface area (Å²) in [5, 5.41) is 4.44. The van der Waals surface area contributed by atoms with Gasteiger partial charge in [-0.15, -0.1) is 0 Å². The molecule has 1 aliphatic carbocycles. The number of ether oxygens (including phenoxy) is 1. The molecule has 3 rings (SSSR count). The van der Waals surface area contributed by atoms with E-state index in [0.29, 0.717) is 12.1 Å². The Morgan fingerprint density at radius 2 is 2.24 bits per heavy atom. The maximum Gasteiger partial charge on any atom is 0.0982 e. The highest BCUT2D eigenvalue weighted by Gasteiger charge is 2.28. The lowest BCUT2D eigenvalue weighted by Crippen LogP contribution is -2.42. The van der Waals surface area contributed by atoms with E-state index in [4.69, 9.17) is 4.74 Å². The summed E-state index contributed by atoms with van der Waals surface area (Å²) in [4.78, 5) is 2.47. The number of nitrogens with zero attached hydrogens (tertiary/aromatic N) is 3. The monoisotopic (exact) mass is 235 g/mol. The zero-order chi connectivity index (χ0) is 11.8. The van der Waals surface area contributed by atoms with E-state index in [0.717, 1.165) is 19.7 Å². The van der Waals surface area contributed by atoms with E-state index in [1.54, 1.807) is 0 Å². The molecule has 0 radical (unpaired) electrons. The van der Waals surface area contributed by atoms with E-state index in [9.17, 15) is 0 Å². The number of aromatic nitrogens is 2. The van der Waals surface area contributed by atoms with Crippen LogP contribution in [0.2, 0.25) is 0 Å². The summed E-state index contributed by atoms with van der Waals surface area (Å²) in [6.07, 6.45) is 6.92. The standard InChI is InChI=1S/C13H21N3O/c1-10(2)15-5-6-17-13(9-15)11-7-14-16(8-11)12-3-4-12/h7-8,10,12-13H,3-6,9H2,1-2H3/t13-/m1/s1. The van der Waals surface area contributed by atoms with Crippen molar-refractivity contribution >= 4 is 0 Å². The van der Waals surface area contributed by atoms with Crippen molar-refractivity contribution in [3.63, 3.8) is 0 Å². The van der Waals surface area contributed by atoms with Gasteiger partial charge in [0.2, 0.25) is 0 Å². The van der Waals surface area contributed by atoms with Gasteiger partial charge >= 0.3 is 0 Å². The fraction of sp³-hybridized carbons (Fsp3) is 0.769. The van der Waals surface area contributed by atoms with E-state index >= 15 is 0 Å². The maximum absolute atomic E-state index is 5.86. The number of hydrogen-bond acceptors (Lipinski definition) is 3. The summed E-state index contributed by atoms with van der Waals surface area (Å²) >= 11 is 0. The minimum atomic E-state index is 0.207. The largest absolute Gasteiger partial charge is 0.371 e. The summed E-state index contributed by atoms with van der Waals surface area (Å²) in [7, 11) is 0. The molecule has 4 heteroatoms. The Labute approximate surface area is 103 Å². The highest BCUT2D eigenvalue weighted by Crippen LogP contribution is 2.35. The van der Waals surface area contributed by atoms with Crippen LogP contribution in [0, 0.1) is 0 Å². The van der Waals surface area contributed by atoms with Crippen LogP contribution in [0.15, 0.2) is 12.4 Å². The molecular weight excluding hydrogens is 214 g/mol. The average Bonchev–Trinajstić information content (AvgIpc) is 3.07. The van der Waals surface area contributed by atoms with Gasteiger partial charge < -0.3 is 4.74 Å². The predicted octanol–water partition coefficient (Wildman–Crippen LogP) is 2.00. The van der Waals surface area contributed by atoms with E-state index in [2.05, 4.69) is 34.7 Å². The van der Waals surface area contributed by atoms with E-state index in [1.807, 2.05) is 6.20 Å². The van der Waals surface area contributed by atoms with Gasteiger partial charge in [0.15, 0.2) is 0 Å². The van der Waals surface area contributed by atoms with Crippen LogP contribution >= 0.6 is 0 Å². The van der Waals surface area contributed by atoms with Crippen molar-refractivity contribution in [3.05, 3.63) is 18.0 Å². The van der Waals surface area contributed by atoms with Gasteiger partial charge in [0.25, 0.3) is 0 Å². The summed E-state index contributed by atoms with van der Waals surface area (Å²) in [5.74, 6) is 0. The second kappa shape index (κ2) is 4.42. The smallest absolute Gasteiger partial charge is 0.0982 e. The molecule has 1 aromatic rings. The van der Waals surface area contributed by atoms with Crippen LogP contribution in [-0.2, 0) is 4.74 Å². The SMILES string of the molecule is CC(C)N1CCO[C@@H](c2cnn(C3CC3)c2)C1. The van der Waals surface area contributed by atoms with Gasteiger partial charge in [-0.2, -0.15) is 5.10 Å². The molecule has 0 bridgehead atoms. The summed E-state index contributed by atoms with van der Waals surface area (Å²) in [6, 6.07) is 1.26. The van der Waals surface area contributed by atoms with Gasteiger partial charge in [0.05, 0.1) is 24.9 Å². The third kappa shape index (κ3) is 2.38. The van der Waals surface area contributed by atoms with Crippen molar-refractivity contribution in [2.75, 3.05) is 19.7 Å². The third-order valence-electron chi connectivity index (χ3n) is 3.74. The van der Waals surface area contributed by atoms with Crippen molar-refractivity contribution in [1.82, 2.24) is 14.7 Å². The highest BCUT2D eigenvalue weighted by molar-refractivity contribution is 5.11. The fourth-order valence-corrected chi connectivity index (χ4v) is 2.40. The predicted molar refractivity (Wildman–Crippen MR) is 65.9 cm³/mol. The molecule has 0 unspecified atom stereocenters. The molecule has 4 nitrogen and oxygen atoms in total. The molecule has 0 amide bonds. The van der Waals surface area contributed by atoms with Crippen molar-refractivity contribution in [3.8, 4) is 0 Å². The Bertz CT molecular complexity index is 384. The minimum absolute atomic E-state index is 0.207. The normalized spacial score (nSPS) is 26.6. The van der Waals surface area contributed by atoms with Crippen LogP contribution in [-0.4, -0.2) is 40.4 Å². The molecule has 2 fully saturated rings. The lowest BCUT2D eigenvalue weighted by atomic mass is 10.1. The summed E-state index contributed by atoms with van der Waals surface area (Å²) < 4.78 is 7.97. The first kappa shape index (κ1) is 11.2. The van der Waals surface area contributed by atoms with E-state index in [1.165, 1.54) is 18.4 Å². The van der Waals surface area contributed by atoms with Crippen LogP contribution < -0.4 is 0 Å². The zero-order valence-corrected chi connectivity index (χ0v) is 10.7. The van der Waals surface area contributed by atoms with Gasteiger partial charge in [-0.1, -0.05) is 0 Å². The van der Waals surface area contributed by atoms with Gasteiger partial charge in [-0.3, -0.25) is 9.58 Å². The second-order valence-electron chi connectivity index (χ2n) is 5.43. The number of rotatable bonds is 3. The van der Waals surface area contributed by atoms with Crippen LogP contribution in [0.1, 0.15) is 44.4 Å². The fourth-order valence-electron chi connectivity index (χ4n) is 2.40. The number of morpholine rings is 1. The topological polar surface area (TPSA) is 30.3 Å². The Morgan fingerprint density at radius 1 is 1.41 bits per heavy atom. The van der Waals surface area contributed by atoms with E-state index < -0.39 is 0 Å². The quantitative estimate of drug-likeness (QED) is 0.802. The van der Waals surface area contributed by atoms with Gasteiger partial charge in [-0.25, -0.2) is 0 Å². The first-order valence-electron chi connectivity index (χ1n) is 6.64. The molecule has 94 valence electrons. The molecule has 2 heterocycles. The molecule has 1 atom stereocenters. The molecule has 0 spiro atoms. The Balaban J connectivity index is 1.69. The molecule has 0 N–H and O–H groups in total. The summed E-state index contributed by atoms with van der Waals surface area (Å²) in [6.45, 7) is 7.36. The maximum atomic E-state index is 5.86. The van der Waals surface area contributed by atoms with Crippen molar-refractivity contribution in [2.45, 2.75) is 44.9 Å². The molecule has 2 aliphatic rings. The lowest BCUT2D eigenvalue weighted by molar-refractivity contribution is -0.0402. The molecule has 1 saturated heterocycles. The van der Waals surface area contributed by atoms with Crippen LogP contribution in [0.5, 0.6) is 0 Å². The van der Waals surface area contributed by atoms with Crippen molar-refractivity contribution in [1.29, 1.82) is 0 Å². The first-order chi connectivity index (χ1) is 8.24. The van der Waals surface area contributed by atoms with Gasteiger partial charge in [-0.05, 0) is 26.7 Å². The molecular formula is C13H21N3O. The Morgan fingerprint density at radius 3 is 2.94 bits per heavy atom. The van der Waals surface area contributed by atoms with Crippen molar-refractivity contribution in [2.24, 2.45) is 0 Å². The minimum Gasteiger partial charge on any atom is -0.371 e. The first-order valence-corrected chi connectivity index (χ1v) is 6.64. The zero-order valence-electron chi connectivity index (χ0n) is 10.7. The second-order valence-corrected chi connectivity index (χ2v) is 5.43. The van der Waals surface area contributed by atoms with Crippen LogP contribution in [0.3, 0.4) is 0 Å².